The van der Waals surface area contributed by atoms with Gasteiger partial charge in [0.15, 0.2) is 5.65 Å². The average molecular weight is 340 g/mol. The number of pyridine rings is 1. The first-order valence-electron chi connectivity index (χ1n) is 7.91. The summed E-state index contributed by atoms with van der Waals surface area (Å²) in [5, 5.41) is 6.81. The fourth-order valence-corrected chi connectivity index (χ4v) is 2.80. The van der Waals surface area contributed by atoms with Gasteiger partial charge in [-0.3, -0.25) is 4.79 Å². The quantitative estimate of drug-likeness (QED) is 0.930. The second-order valence-electron chi connectivity index (χ2n) is 6.53. The van der Waals surface area contributed by atoms with E-state index in [1.165, 1.54) is 11.6 Å². The molecule has 0 aromatic carbocycles. The number of nitrogens with one attached hydrogen (secondary N) is 1. The Morgan fingerprint density at radius 1 is 1.42 bits per heavy atom. The predicted octanol–water partition coefficient (Wildman–Crippen LogP) is 3.16. The van der Waals surface area contributed by atoms with Crippen molar-refractivity contribution in [3.8, 4) is 0 Å². The summed E-state index contributed by atoms with van der Waals surface area (Å²) in [6.07, 6.45) is -2.79. The Morgan fingerprint density at radius 2 is 2.08 bits per heavy atom. The third-order valence-corrected chi connectivity index (χ3v) is 3.94. The molecule has 0 radical (unpaired) electrons. The fourth-order valence-electron chi connectivity index (χ4n) is 2.80. The van der Waals surface area contributed by atoms with Crippen molar-refractivity contribution >= 4 is 16.9 Å². The van der Waals surface area contributed by atoms with E-state index < -0.39 is 11.7 Å². The van der Waals surface area contributed by atoms with Crippen molar-refractivity contribution in [3.63, 3.8) is 0 Å². The molecule has 1 fully saturated rings. The van der Waals surface area contributed by atoms with Gasteiger partial charge in [-0.05, 0) is 39.7 Å². The van der Waals surface area contributed by atoms with Crippen molar-refractivity contribution in [1.29, 1.82) is 0 Å². The molecule has 2 heterocycles. The van der Waals surface area contributed by atoms with E-state index in [-0.39, 0.29) is 41.1 Å². The minimum Gasteiger partial charge on any atom is -0.352 e. The van der Waals surface area contributed by atoms with Crippen molar-refractivity contribution in [3.05, 3.63) is 23.0 Å². The maximum Gasteiger partial charge on any atom is 0.417 e. The number of alkyl halides is 3. The maximum atomic E-state index is 13.5. The van der Waals surface area contributed by atoms with Gasteiger partial charge in [-0.1, -0.05) is 0 Å². The molecule has 1 aliphatic rings. The van der Waals surface area contributed by atoms with E-state index in [2.05, 4.69) is 15.4 Å². The van der Waals surface area contributed by atoms with Crippen LogP contribution in [0.4, 0.5) is 13.2 Å². The topological polar surface area (TPSA) is 59.8 Å². The molecule has 130 valence electrons. The van der Waals surface area contributed by atoms with Crippen LogP contribution in [0.3, 0.4) is 0 Å². The summed E-state index contributed by atoms with van der Waals surface area (Å²) in [6, 6.07) is 1.08. The first kappa shape index (κ1) is 16.7. The maximum absolute atomic E-state index is 13.5. The van der Waals surface area contributed by atoms with Gasteiger partial charge in [0.25, 0.3) is 0 Å². The van der Waals surface area contributed by atoms with Crippen LogP contribution in [0.25, 0.3) is 11.0 Å². The van der Waals surface area contributed by atoms with Crippen LogP contribution in [0.5, 0.6) is 0 Å². The lowest BCUT2D eigenvalue weighted by atomic mass is 10.1. The number of halogens is 3. The summed E-state index contributed by atoms with van der Waals surface area (Å²) in [5.41, 5.74) is 0.0651. The zero-order valence-electron chi connectivity index (χ0n) is 13.7. The lowest BCUT2D eigenvalue weighted by Crippen LogP contribution is -2.33. The molecule has 1 saturated carbocycles. The van der Waals surface area contributed by atoms with E-state index in [0.29, 0.717) is 5.69 Å². The minimum absolute atomic E-state index is 0.0238. The zero-order valence-corrected chi connectivity index (χ0v) is 13.7. The Hall–Kier alpha value is -2.12. The number of rotatable bonds is 4. The Balaban J connectivity index is 2.11. The second kappa shape index (κ2) is 5.75. The van der Waals surface area contributed by atoms with Gasteiger partial charge in [0.05, 0.1) is 16.6 Å². The van der Waals surface area contributed by atoms with Gasteiger partial charge in [-0.15, -0.1) is 0 Å². The summed E-state index contributed by atoms with van der Waals surface area (Å²) in [7, 11) is 0. The second-order valence-corrected chi connectivity index (χ2v) is 6.53. The monoisotopic (exact) mass is 340 g/mol. The molecule has 8 heteroatoms. The van der Waals surface area contributed by atoms with E-state index in [4.69, 9.17) is 0 Å². The van der Waals surface area contributed by atoms with Crippen LogP contribution in [0.2, 0.25) is 0 Å². The minimum atomic E-state index is -4.48. The summed E-state index contributed by atoms with van der Waals surface area (Å²) in [5.74, 6) is -0.231. The molecule has 0 unspecified atom stereocenters. The average Bonchev–Trinajstić information content (AvgIpc) is 3.23. The normalized spacial score (nSPS) is 15.3. The van der Waals surface area contributed by atoms with Crippen molar-refractivity contribution in [2.75, 3.05) is 0 Å². The molecular formula is C16H19F3N4O. The van der Waals surface area contributed by atoms with E-state index in [0.717, 1.165) is 18.9 Å². The van der Waals surface area contributed by atoms with Gasteiger partial charge in [-0.25, -0.2) is 9.67 Å². The Kier molecular flexibility index (Phi) is 4.01. The molecule has 5 nitrogen and oxygen atoms in total. The number of amides is 1. The highest BCUT2D eigenvalue weighted by molar-refractivity contribution is 5.85. The SMILES string of the molecule is Cc1nn(CC(=O)NC(C)C)c2nc(C3CC3)cc(C(F)(F)F)c12. The van der Waals surface area contributed by atoms with Gasteiger partial charge in [-0.2, -0.15) is 18.3 Å². The highest BCUT2D eigenvalue weighted by Crippen LogP contribution is 2.43. The van der Waals surface area contributed by atoms with Gasteiger partial charge in [0.2, 0.25) is 5.91 Å². The molecule has 2 aromatic heterocycles. The number of carbonyl (C=O) groups excluding carboxylic acids is 1. The fraction of sp³-hybridized carbons (Fsp3) is 0.562. The van der Waals surface area contributed by atoms with Crippen LogP contribution in [-0.2, 0) is 17.5 Å². The molecule has 0 aliphatic heterocycles. The molecule has 0 saturated heterocycles. The lowest BCUT2D eigenvalue weighted by Gasteiger charge is -2.12. The van der Waals surface area contributed by atoms with Crippen LogP contribution in [0.1, 0.15) is 49.6 Å². The van der Waals surface area contributed by atoms with Gasteiger partial charge in [0, 0.05) is 17.7 Å². The van der Waals surface area contributed by atoms with Crippen molar-refractivity contribution in [1.82, 2.24) is 20.1 Å². The Morgan fingerprint density at radius 3 is 2.62 bits per heavy atom. The van der Waals surface area contributed by atoms with Crippen LogP contribution in [0.15, 0.2) is 6.07 Å². The van der Waals surface area contributed by atoms with Crippen LogP contribution in [0, 0.1) is 6.92 Å². The summed E-state index contributed by atoms with van der Waals surface area (Å²) >= 11 is 0. The third kappa shape index (κ3) is 3.22. The summed E-state index contributed by atoms with van der Waals surface area (Å²) < 4.78 is 41.7. The van der Waals surface area contributed by atoms with E-state index in [9.17, 15) is 18.0 Å². The Bertz CT molecular complexity index is 791. The van der Waals surface area contributed by atoms with Gasteiger partial charge < -0.3 is 5.32 Å². The number of carbonyl (C=O) groups is 1. The van der Waals surface area contributed by atoms with Crippen molar-refractivity contribution < 1.29 is 18.0 Å². The lowest BCUT2D eigenvalue weighted by molar-refractivity contribution is -0.136. The number of aromatic nitrogens is 3. The molecular weight excluding hydrogens is 321 g/mol. The number of hydrogen-bond acceptors (Lipinski definition) is 3. The molecule has 0 bridgehead atoms. The smallest absolute Gasteiger partial charge is 0.352 e. The molecule has 24 heavy (non-hydrogen) atoms. The van der Waals surface area contributed by atoms with Gasteiger partial charge in [0.1, 0.15) is 6.54 Å². The Labute approximate surface area is 137 Å². The molecule has 3 rings (SSSR count). The van der Waals surface area contributed by atoms with Crippen LogP contribution < -0.4 is 5.32 Å². The molecule has 1 aliphatic carbocycles. The van der Waals surface area contributed by atoms with E-state index in [1.54, 1.807) is 0 Å². The predicted molar refractivity (Wildman–Crippen MR) is 82.5 cm³/mol. The molecule has 0 atom stereocenters. The summed E-state index contributed by atoms with van der Waals surface area (Å²) in [4.78, 5) is 16.4. The van der Waals surface area contributed by atoms with Crippen molar-refractivity contribution in [2.45, 2.75) is 58.3 Å². The number of hydrogen-bond donors (Lipinski definition) is 1. The number of fused-ring (bicyclic) bond motifs is 1. The first-order chi connectivity index (χ1) is 11.2. The first-order valence-corrected chi connectivity index (χ1v) is 7.91. The highest BCUT2D eigenvalue weighted by Gasteiger charge is 2.37. The zero-order chi connectivity index (χ0) is 17.6. The molecule has 2 aromatic rings. The number of nitrogens with zero attached hydrogens (tertiary/aromatic N) is 3. The number of aryl methyl sites for hydroxylation is 1. The molecule has 1 amide bonds. The van der Waals surface area contributed by atoms with Gasteiger partial charge >= 0.3 is 6.18 Å². The van der Waals surface area contributed by atoms with Crippen molar-refractivity contribution in [2.24, 2.45) is 0 Å². The molecule has 1 N–H and O–H groups in total. The highest BCUT2D eigenvalue weighted by atomic mass is 19.4. The van der Waals surface area contributed by atoms with Crippen LogP contribution >= 0.6 is 0 Å². The largest absolute Gasteiger partial charge is 0.417 e. The summed E-state index contributed by atoms with van der Waals surface area (Å²) in [6.45, 7) is 4.99. The van der Waals surface area contributed by atoms with E-state index >= 15 is 0 Å². The third-order valence-electron chi connectivity index (χ3n) is 3.94. The van der Waals surface area contributed by atoms with E-state index in [1.807, 2.05) is 13.8 Å². The van der Waals surface area contributed by atoms with Crippen LogP contribution in [-0.4, -0.2) is 26.7 Å². The molecule has 0 spiro atoms. The standard InChI is InChI=1S/C16H19F3N4O/c1-8(2)20-13(24)7-23-15-14(9(3)22-23)11(16(17,18)19)6-12(21-15)10-4-5-10/h6,8,10H,4-5,7H2,1-3H3,(H,20,24).